The summed E-state index contributed by atoms with van der Waals surface area (Å²) >= 11 is 0. The molecule has 9 heteroatoms. The lowest BCUT2D eigenvalue weighted by Gasteiger charge is -2.63. The number of nitrogens with two attached hydrogens (primary N) is 2. The molecule has 4 aliphatic carbocycles. The van der Waals surface area contributed by atoms with Crippen molar-refractivity contribution in [3.05, 3.63) is 78.4 Å². The van der Waals surface area contributed by atoms with Gasteiger partial charge in [-0.2, -0.15) is 13.2 Å². The molecule has 0 saturated heterocycles. The molecule has 4 saturated carbocycles. The summed E-state index contributed by atoms with van der Waals surface area (Å²) in [7, 11) is 0. The van der Waals surface area contributed by atoms with Gasteiger partial charge in [0.1, 0.15) is 17.6 Å². The molecule has 6 nitrogen and oxygen atoms in total. The van der Waals surface area contributed by atoms with E-state index in [1.165, 1.54) is 31.4 Å². The van der Waals surface area contributed by atoms with Gasteiger partial charge >= 0.3 is 6.18 Å². The van der Waals surface area contributed by atoms with Crippen molar-refractivity contribution in [3.63, 3.8) is 0 Å². The van der Waals surface area contributed by atoms with Gasteiger partial charge in [-0.15, -0.1) is 0 Å². The summed E-state index contributed by atoms with van der Waals surface area (Å²) in [5.74, 6) is 4.61. The van der Waals surface area contributed by atoms with Crippen molar-refractivity contribution in [2.45, 2.75) is 103 Å². The van der Waals surface area contributed by atoms with Gasteiger partial charge in [0.2, 0.25) is 5.91 Å². The van der Waals surface area contributed by atoms with Crippen LogP contribution < -0.4 is 26.3 Å². The van der Waals surface area contributed by atoms with E-state index in [9.17, 15) is 18.0 Å². The number of hydrogen-bond donors (Lipinski definition) is 3. The van der Waals surface area contributed by atoms with Gasteiger partial charge in [0.05, 0.1) is 11.7 Å². The number of anilines is 3. The molecule has 3 aromatic rings. The minimum absolute atomic E-state index is 0.0698. The summed E-state index contributed by atoms with van der Waals surface area (Å²) in [4.78, 5) is 12.9. The van der Waals surface area contributed by atoms with E-state index in [0.717, 1.165) is 73.5 Å². The number of nitrogen functional groups attached to an aromatic ring is 2. The van der Waals surface area contributed by atoms with Gasteiger partial charge in [-0.3, -0.25) is 4.79 Å². The molecular formula is C43H54F3N3O3. The van der Waals surface area contributed by atoms with Gasteiger partial charge in [-0.25, -0.2) is 0 Å². The van der Waals surface area contributed by atoms with Crippen LogP contribution in [0.3, 0.4) is 0 Å². The van der Waals surface area contributed by atoms with Crippen LogP contribution in [0.5, 0.6) is 11.5 Å². The molecule has 3 unspecified atom stereocenters. The van der Waals surface area contributed by atoms with Crippen LogP contribution in [0.2, 0.25) is 0 Å². The van der Waals surface area contributed by atoms with Gasteiger partial charge in [-0.05, 0) is 171 Å². The Labute approximate surface area is 306 Å². The Morgan fingerprint density at radius 1 is 0.788 bits per heavy atom. The number of alkyl halides is 3. The maximum atomic E-state index is 13.0. The second-order valence-electron chi connectivity index (χ2n) is 16.9. The van der Waals surface area contributed by atoms with Gasteiger partial charge in [0.15, 0.2) is 0 Å². The highest BCUT2D eigenvalue weighted by Crippen LogP contribution is 2.68. The predicted octanol–water partition coefficient (Wildman–Crippen LogP) is 10.4. The zero-order valence-corrected chi connectivity index (χ0v) is 30.6. The molecule has 0 aromatic heterocycles. The third-order valence-corrected chi connectivity index (χ3v) is 14.0. The first-order chi connectivity index (χ1) is 24.7. The molecule has 3 aromatic carbocycles. The second-order valence-corrected chi connectivity index (χ2v) is 16.9. The Morgan fingerprint density at radius 3 is 2.02 bits per heavy atom. The Morgan fingerprint density at radius 2 is 1.38 bits per heavy atom. The van der Waals surface area contributed by atoms with Crippen molar-refractivity contribution in [3.8, 4) is 11.5 Å². The van der Waals surface area contributed by atoms with Crippen LogP contribution >= 0.6 is 0 Å². The number of carbonyl (C=O) groups is 1. The first-order valence-corrected chi connectivity index (χ1v) is 19.2. The van der Waals surface area contributed by atoms with Gasteiger partial charge in [0, 0.05) is 29.4 Å². The van der Waals surface area contributed by atoms with E-state index in [4.69, 9.17) is 20.9 Å². The molecule has 52 heavy (non-hydrogen) atoms. The summed E-state index contributed by atoms with van der Waals surface area (Å²) in [5, 5.41) is 2.81. The number of benzene rings is 3. The number of nitrogens with one attached hydrogen (secondary N) is 1. The zero-order valence-electron chi connectivity index (χ0n) is 30.6. The van der Waals surface area contributed by atoms with E-state index >= 15 is 0 Å². The highest BCUT2D eigenvalue weighted by atomic mass is 19.4. The number of ether oxygens (including phenoxy) is 2. The average molecular weight is 718 g/mol. The van der Waals surface area contributed by atoms with Gasteiger partial charge in [-0.1, -0.05) is 20.8 Å². The van der Waals surface area contributed by atoms with Crippen LogP contribution in [-0.2, 0) is 11.0 Å². The molecule has 7 rings (SSSR count). The molecular weight excluding hydrogens is 663 g/mol. The quantitative estimate of drug-likeness (QED) is 0.191. The van der Waals surface area contributed by atoms with Crippen molar-refractivity contribution in [1.29, 1.82) is 0 Å². The number of carbonyl (C=O) groups excluding carboxylic acids is 1. The molecule has 1 amide bonds. The normalized spacial score (nSPS) is 33.2. The second kappa shape index (κ2) is 14.2. The summed E-state index contributed by atoms with van der Waals surface area (Å²) in [6.45, 7) is 7.36. The lowest BCUT2D eigenvalue weighted by Crippen LogP contribution is -2.59. The first kappa shape index (κ1) is 36.5. The van der Waals surface area contributed by atoms with E-state index in [2.05, 4.69) is 26.1 Å². The molecule has 0 bridgehead atoms. The lowest BCUT2D eigenvalue weighted by molar-refractivity contribution is -0.164. The van der Waals surface area contributed by atoms with E-state index in [1.54, 1.807) is 0 Å². The van der Waals surface area contributed by atoms with Crippen LogP contribution in [0.1, 0.15) is 90.5 Å². The molecule has 280 valence electrons. The summed E-state index contributed by atoms with van der Waals surface area (Å²) < 4.78 is 52.5. The fourth-order valence-corrected chi connectivity index (χ4v) is 11.4. The maximum Gasteiger partial charge on any atom is 0.416 e. The Bertz CT molecular complexity index is 1700. The SMILES string of the molecule is C[C@H](CCC(=O)Nc1ccc(C(F)(F)F)cc1)[C@H]1CC[C@H]2[C@@H]3CC(Oc4ccc(N)cc4)C4CC(Oc5ccc(N)cc5)CC[C@]4(C)[C@H]3CC[C@]12C. The molecule has 0 aliphatic heterocycles. The highest BCUT2D eigenvalue weighted by molar-refractivity contribution is 5.90. The minimum Gasteiger partial charge on any atom is -0.490 e. The maximum absolute atomic E-state index is 13.0. The molecule has 4 aliphatic rings. The van der Waals surface area contributed by atoms with Crippen molar-refractivity contribution < 1.29 is 27.4 Å². The summed E-state index contributed by atoms with van der Waals surface area (Å²) in [5.41, 5.74) is 13.4. The lowest BCUT2D eigenvalue weighted by atomic mass is 9.43. The van der Waals surface area contributed by atoms with Crippen LogP contribution in [0.4, 0.5) is 30.2 Å². The predicted molar refractivity (Wildman–Crippen MR) is 200 cm³/mol. The number of fused-ring (bicyclic) bond motifs is 5. The van der Waals surface area contributed by atoms with Crippen molar-refractivity contribution in [2.75, 3.05) is 16.8 Å². The third kappa shape index (κ3) is 7.21. The van der Waals surface area contributed by atoms with E-state index in [1.807, 2.05) is 48.5 Å². The standard InChI is InChI=1S/C43H54F3N3O3/c1-26(4-19-40(50)49-30-11-5-27(6-12-30)43(44,45)46)35-17-18-36-34-25-39(52-32-15-9-29(48)10-16-32)38-24-33(51-31-13-7-28(47)8-14-31)20-22-42(38,3)37(34)21-23-41(35,36)2/h5-16,26,33-39H,4,17-25,47-48H2,1-3H3,(H,49,50)/t26-,33?,34+,35-,36+,37+,38?,39?,41-,42-/m1/s1. The first-order valence-electron chi connectivity index (χ1n) is 19.2. The van der Waals surface area contributed by atoms with Crippen LogP contribution in [-0.4, -0.2) is 18.1 Å². The fourth-order valence-electron chi connectivity index (χ4n) is 11.4. The van der Waals surface area contributed by atoms with Crippen LogP contribution in [0.15, 0.2) is 72.8 Å². The van der Waals surface area contributed by atoms with Crippen molar-refractivity contribution in [2.24, 2.45) is 46.3 Å². The zero-order chi connectivity index (χ0) is 36.8. The molecule has 0 spiro atoms. The monoisotopic (exact) mass is 717 g/mol. The molecule has 4 fully saturated rings. The minimum atomic E-state index is -4.40. The Kier molecular flexibility index (Phi) is 9.94. The Balaban J connectivity index is 1.04. The third-order valence-electron chi connectivity index (χ3n) is 14.0. The van der Waals surface area contributed by atoms with Gasteiger partial charge < -0.3 is 26.3 Å². The van der Waals surface area contributed by atoms with E-state index in [-0.39, 0.29) is 28.9 Å². The average Bonchev–Trinajstić information content (AvgIpc) is 3.47. The summed E-state index contributed by atoms with van der Waals surface area (Å²) in [6.07, 6.45) is 5.77. The van der Waals surface area contributed by atoms with Crippen molar-refractivity contribution >= 4 is 23.0 Å². The molecule has 0 radical (unpaired) electrons. The number of amides is 1. The summed E-state index contributed by atoms with van der Waals surface area (Å²) in [6, 6.07) is 20.2. The van der Waals surface area contributed by atoms with E-state index < -0.39 is 11.7 Å². The molecule has 5 N–H and O–H groups in total. The highest BCUT2D eigenvalue weighted by Gasteiger charge is 2.63. The van der Waals surface area contributed by atoms with Crippen LogP contribution in [0, 0.1) is 46.3 Å². The number of hydrogen-bond acceptors (Lipinski definition) is 5. The van der Waals surface area contributed by atoms with Gasteiger partial charge in [0.25, 0.3) is 0 Å². The Hall–Kier alpha value is -3.88. The molecule has 10 atom stereocenters. The topological polar surface area (TPSA) is 99.6 Å². The fraction of sp³-hybridized carbons (Fsp3) is 0.558. The number of rotatable bonds is 9. The van der Waals surface area contributed by atoms with E-state index in [0.29, 0.717) is 47.6 Å². The molecule has 0 heterocycles. The van der Waals surface area contributed by atoms with Crippen molar-refractivity contribution in [1.82, 2.24) is 0 Å². The smallest absolute Gasteiger partial charge is 0.416 e. The largest absolute Gasteiger partial charge is 0.490 e. The van der Waals surface area contributed by atoms with Crippen LogP contribution in [0.25, 0.3) is 0 Å². The number of halogens is 3.